The van der Waals surface area contributed by atoms with E-state index in [1.54, 1.807) is 24.3 Å². The minimum atomic E-state index is -1.67. The molecule has 5 rings (SSSR count). The second-order valence-electron chi connectivity index (χ2n) is 25.4. The Bertz CT molecular complexity index is 2750. The largest absolute Gasteiger partial charge is 1.00 e. The average Bonchev–Trinajstić information content (AvgIpc) is 0.748. The van der Waals surface area contributed by atoms with Crippen LogP contribution in [-0.2, 0) is 38.4 Å². The third-order valence-electron chi connectivity index (χ3n) is 17.7. The molecule has 0 saturated carbocycles. The minimum absolute atomic E-state index is 0. The van der Waals surface area contributed by atoms with E-state index < -0.39 is 124 Å². The van der Waals surface area contributed by atoms with Crippen molar-refractivity contribution in [2.45, 2.75) is 231 Å². The van der Waals surface area contributed by atoms with Crippen LogP contribution in [0.3, 0.4) is 0 Å². The molecule has 8 bridgehead atoms. The zero-order valence-corrected chi connectivity index (χ0v) is 82.2. The van der Waals surface area contributed by atoms with Gasteiger partial charge in [0.1, 0.15) is 98.9 Å². The van der Waals surface area contributed by atoms with Crippen LogP contribution in [0, 0.1) is 0 Å². The van der Waals surface area contributed by atoms with E-state index in [4.69, 9.17) is 37.9 Å². The first-order chi connectivity index (χ1) is 48.1. The number of fused-ring (bicyclic) bond motifs is 8. The second kappa shape index (κ2) is 64.2. The van der Waals surface area contributed by atoms with Crippen molar-refractivity contribution in [2.75, 3.05) is 52.9 Å². The van der Waals surface area contributed by atoms with Crippen molar-refractivity contribution in [3.05, 3.63) is 93.0 Å². The predicted octanol–water partition coefficient (Wildman–Crippen LogP) is -19.4. The van der Waals surface area contributed by atoms with Crippen LogP contribution in [0.25, 0.3) is 0 Å². The van der Waals surface area contributed by atoms with Gasteiger partial charge in [0.05, 0.1) is 47.8 Å². The molecule has 1 aliphatic rings. The van der Waals surface area contributed by atoms with Gasteiger partial charge in [-0.3, -0.25) is 0 Å². The van der Waals surface area contributed by atoms with Crippen LogP contribution in [0.15, 0.2) is 48.5 Å². The number of benzene rings is 4. The monoisotopic (exact) mass is 1580 g/mol. The number of carbonyl (C=O) groups is 8. The first kappa shape index (κ1) is 113. The maximum Gasteiger partial charge on any atom is 1.00 e. The molecule has 24 nitrogen and oxygen atoms in total. The van der Waals surface area contributed by atoms with E-state index in [-0.39, 0.29) is 353 Å². The zero-order valence-electron chi connectivity index (χ0n) is 66.2. The summed E-state index contributed by atoms with van der Waals surface area (Å²) in [7, 11) is 0. The van der Waals surface area contributed by atoms with Crippen LogP contribution in [0.4, 0.5) is 0 Å². The molecule has 108 heavy (non-hydrogen) atoms. The van der Waals surface area contributed by atoms with Crippen LogP contribution in [0.1, 0.15) is 276 Å². The van der Waals surface area contributed by atoms with E-state index in [1.165, 1.54) is 24.3 Å². The average molecular weight is 1580 g/mol. The van der Waals surface area contributed by atoms with Gasteiger partial charge in [-0.25, -0.2) is 0 Å². The number of aliphatic carboxylic acids is 8. The van der Waals surface area contributed by atoms with Gasteiger partial charge in [0.2, 0.25) is 0 Å². The number of hydrogen-bond acceptors (Lipinski definition) is 24. The molecule has 4 aromatic carbocycles. The quantitative estimate of drug-likeness (QED) is 0.0293. The number of unbranched alkanes of at least 4 members (excludes halogenated alkanes) is 20. The summed E-state index contributed by atoms with van der Waals surface area (Å²) in [5, 5.41) is 101. The van der Waals surface area contributed by atoms with Crippen molar-refractivity contribution in [3.63, 3.8) is 0 Å². The van der Waals surface area contributed by atoms with Gasteiger partial charge in [0, 0.05) is 92.4 Å². The summed E-state index contributed by atoms with van der Waals surface area (Å²) in [6.45, 7) is -0.400. The molecule has 0 aromatic heterocycles. The molecule has 0 N–H and O–H groups in total. The number of carboxylic acid groups (broad SMARTS) is 8. The van der Waals surface area contributed by atoms with E-state index in [9.17, 15) is 79.2 Å². The molecule has 0 fully saturated rings. The van der Waals surface area contributed by atoms with Gasteiger partial charge in [-0.2, -0.15) is 0 Å². The Morgan fingerprint density at radius 1 is 0.213 bits per heavy atom. The SMILES string of the molecule is CCCCCCCCC1c2cc(c(OCC(=O)[O-])cc2OCC(=O)[O-])C(CCCCCCCC)c2cc(c(OCC(=O)[O-])cc2OCC(=O)[O-])C(CCCCCCCC)c2cc(c(OCC(=O)[O-])cc2OCC(=O)[O-])C(CCCCCCCC)c2cc1c(OCC(=O)[O-])cc2OCC(=O)[O-].[Na+].[Na+].[Na+].[Na+].[Na+].[Na+].[Na+].[Na+]. The molecule has 0 amide bonds. The number of ether oxygens (including phenoxy) is 8. The summed E-state index contributed by atoms with van der Waals surface area (Å²) < 4.78 is 49.5. The molecule has 0 radical (unpaired) electrons. The fourth-order valence-corrected chi connectivity index (χ4v) is 13.1. The summed E-state index contributed by atoms with van der Waals surface area (Å²) >= 11 is 0. The van der Waals surface area contributed by atoms with Crippen LogP contribution < -0.4 is 315 Å². The molecule has 32 heteroatoms. The molecule has 0 heterocycles. The van der Waals surface area contributed by atoms with Crippen molar-refractivity contribution >= 4 is 47.8 Å². The Labute approximate surface area is 812 Å². The van der Waals surface area contributed by atoms with Gasteiger partial charge < -0.3 is 117 Å². The molecule has 1 aliphatic carbocycles. The molecule has 0 atom stereocenters. The van der Waals surface area contributed by atoms with Crippen molar-refractivity contribution in [2.24, 2.45) is 0 Å². The summed E-state index contributed by atoms with van der Waals surface area (Å²) in [5.41, 5.74) is 1.50. The van der Waals surface area contributed by atoms with E-state index in [1.807, 2.05) is 0 Å². The van der Waals surface area contributed by atoms with Gasteiger partial charge in [-0.05, 0) is 49.9 Å². The van der Waals surface area contributed by atoms with E-state index in [0.29, 0.717) is 51.4 Å². The Morgan fingerprint density at radius 3 is 0.454 bits per heavy atom. The molecular formula is C76H96Na8O24. The van der Waals surface area contributed by atoms with Crippen LogP contribution >= 0.6 is 0 Å². The van der Waals surface area contributed by atoms with Gasteiger partial charge in [-0.15, -0.1) is 0 Å². The van der Waals surface area contributed by atoms with E-state index in [0.717, 1.165) is 103 Å². The van der Waals surface area contributed by atoms with Crippen LogP contribution in [0.5, 0.6) is 46.0 Å². The zero-order chi connectivity index (χ0) is 72.9. The Kier molecular flexibility index (Phi) is 67.3. The van der Waals surface area contributed by atoms with Crippen molar-refractivity contribution < 1.29 is 354 Å². The topological polar surface area (TPSA) is 395 Å². The summed E-state index contributed by atoms with van der Waals surface area (Å²) in [6.07, 6.45) is 18.5. The maximum atomic E-state index is 12.6. The van der Waals surface area contributed by atoms with E-state index >= 15 is 0 Å². The summed E-state index contributed by atoms with van der Waals surface area (Å²) in [6, 6.07) is 11.7. The first-order valence-electron chi connectivity index (χ1n) is 35.4. The third kappa shape index (κ3) is 40.7. The fraction of sp³-hybridized carbons (Fsp3) is 0.579. The number of carbonyl (C=O) groups excluding carboxylic acids is 8. The molecular weight excluding hydrogens is 1480 g/mol. The molecule has 0 spiro atoms. The van der Waals surface area contributed by atoms with Crippen molar-refractivity contribution in [3.8, 4) is 46.0 Å². The predicted molar refractivity (Wildman–Crippen MR) is 349 cm³/mol. The summed E-state index contributed by atoms with van der Waals surface area (Å²) in [4.78, 5) is 101. The normalized spacial score (nSPS) is 13.6. The Hall–Kier alpha value is -0.960. The van der Waals surface area contributed by atoms with E-state index in [2.05, 4.69) is 27.7 Å². The number of hydrogen-bond donors (Lipinski definition) is 0. The molecule has 0 saturated heterocycles. The smallest absolute Gasteiger partial charge is 0.546 e. The molecule has 0 aliphatic heterocycles. The third-order valence-corrected chi connectivity index (χ3v) is 17.7. The second-order valence-corrected chi connectivity index (χ2v) is 25.4. The molecule has 552 valence electrons. The van der Waals surface area contributed by atoms with Gasteiger partial charge in [0.25, 0.3) is 0 Å². The first-order valence-corrected chi connectivity index (χ1v) is 35.4. The van der Waals surface area contributed by atoms with Crippen molar-refractivity contribution in [1.82, 2.24) is 0 Å². The van der Waals surface area contributed by atoms with Gasteiger partial charge >= 0.3 is 236 Å². The van der Waals surface area contributed by atoms with Crippen LogP contribution in [-0.4, -0.2) is 101 Å². The van der Waals surface area contributed by atoms with Crippen LogP contribution in [0.2, 0.25) is 0 Å². The Morgan fingerprint density at radius 2 is 0.333 bits per heavy atom. The summed E-state index contributed by atoms with van der Waals surface area (Å²) in [5.74, 6) is -19.3. The number of rotatable bonds is 52. The van der Waals surface area contributed by atoms with Gasteiger partial charge in [-0.1, -0.05) is 182 Å². The fourth-order valence-electron chi connectivity index (χ4n) is 13.1. The maximum absolute atomic E-state index is 12.6. The van der Waals surface area contributed by atoms with Gasteiger partial charge in [0.15, 0.2) is 0 Å². The minimum Gasteiger partial charge on any atom is -0.546 e. The number of carboxylic acids is 8. The standard InChI is InChI=1S/C76H104O24.8Na/c1-5-9-13-17-21-25-29-49-53-33-55(63(95-43-71(81)82)37-61(53)93-41-69(77)78)50(30-26-22-18-14-10-6-2)57-35-59(67(99-47-75(89)90)39-65(57)97-45-73(85)86)52(32-28-24-20-16-12-8-4)60-36-58(66(98-46-74(87)88)40-68(60)100-48-76(91)92)51(31-27-23-19-15-11-7-3)56-34-54(49)62(94-42-70(79)80)38-64(56)96-44-72(83)84;;;;;;;;/h33-40,49-52H,5-32,41-48H2,1-4H3,(H,77,78)(H,79,80)(H,81,82)(H,83,84)(H,85,86)(H,87,88)(H,89,90)(H,91,92);;;;;;;;/q;8*+1/p-8. The molecule has 0 unspecified atom stereocenters. The molecule has 4 aromatic rings. The Balaban J connectivity index is -0.00000676. The van der Waals surface area contributed by atoms with Crippen molar-refractivity contribution in [1.29, 1.82) is 0 Å².